The van der Waals surface area contributed by atoms with Crippen LogP contribution in [0.2, 0.25) is 0 Å². The largest absolute Gasteiger partial charge is 0.385 e. The number of hydrogen-bond donors (Lipinski definition) is 1. The second kappa shape index (κ2) is 7.15. The van der Waals surface area contributed by atoms with Gasteiger partial charge in [-0.3, -0.25) is 4.79 Å². The first-order valence-corrected chi connectivity index (χ1v) is 8.22. The zero-order valence-electron chi connectivity index (χ0n) is 11.3. The first-order chi connectivity index (χ1) is 9.68. The van der Waals surface area contributed by atoms with Crippen LogP contribution in [0.5, 0.6) is 0 Å². The van der Waals surface area contributed by atoms with E-state index in [0.717, 1.165) is 0 Å². The summed E-state index contributed by atoms with van der Waals surface area (Å²) in [6.45, 7) is 1.97. The molecule has 0 aliphatic carbocycles. The Labute approximate surface area is 125 Å². The van der Waals surface area contributed by atoms with Gasteiger partial charge in [-0.15, -0.1) is 0 Å². The number of amides is 1. The highest BCUT2D eigenvalue weighted by Crippen LogP contribution is 2.24. The molecule has 0 aromatic heterocycles. The summed E-state index contributed by atoms with van der Waals surface area (Å²) in [4.78, 5) is 10.9. The first-order valence-electron chi connectivity index (χ1n) is 5.91. The van der Waals surface area contributed by atoms with E-state index >= 15 is 0 Å². The first kappa shape index (κ1) is 17.8. The van der Waals surface area contributed by atoms with Gasteiger partial charge >= 0.3 is 0 Å². The van der Waals surface area contributed by atoms with E-state index in [0.29, 0.717) is 25.2 Å². The molecule has 0 saturated heterocycles. The summed E-state index contributed by atoms with van der Waals surface area (Å²) in [6.07, 6.45) is 0.430. The number of benzene rings is 1. The molecule has 1 atom stereocenters. The van der Waals surface area contributed by atoms with Crippen LogP contribution in [0.15, 0.2) is 17.0 Å². The summed E-state index contributed by atoms with van der Waals surface area (Å²) in [5.74, 6) is -3.75. The molecule has 1 N–H and O–H groups in total. The van der Waals surface area contributed by atoms with Gasteiger partial charge < -0.3 is 10.1 Å². The maximum absolute atomic E-state index is 14.0. The van der Waals surface area contributed by atoms with E-state index in [9.17, 15) is 22.0 Å². The Morgan fingerprint density at radius 3 is 2.57 bits per heavy atom. The molecule has 0 aliphatic heterocycles. The summed E-state index contributed by atoms with van der Waals surface area (Å²) in [6, 6.07) is 0.929. The minimum Gasteiger partial charge on any atom is -0.385 e. The van der Waals surface area contributed by atoms with Gasteiger partial charge in [0.15, 0.2) is 5.82 Å². The Kier molecular flexibility index (Phi) is 6.06. The van der Waals surface area contributed by atoms with Gasteiger partial charge in [0.05, 0.1) is 0 Å². The number of hydrogen-bond acceptors (Lipinski definition) is 4. The number of halogens is 3. The summed E-state index contributed by atoms with van der Waals surface area (Å²) >= 11 is 0. The predicted molar refractivity (Wildman–Crippen MR) is 72.8 cm³/mol. The van der Waals surface area contributed by atoms with Crippen molar-refractivity contribution in [2.45, 2.75) is 24.3 Å². The number of methoxy groups -OCH3 is 1. The van der Waals surface area contributed by atoms with Crippen LogP contribution in [-0.2, 0) is 13.8 Å². The average Bonchev–Trinajstić information content (AvgIpc) is 2.34. The minimum atomic E-state index is -4.42. The fraction of sp³-hybridized carbons (Fsp3) is 0.417. The second-order valence-electron chi connectivity index (χ2n) is 4.33. The molecule has 1 amide bonds. The number of carbonyl (C=O) groups is 1. The highest BCUT2D eigenvalue weighted by Gasteiger charge is 2.26. The standard InChI is InChI=1S/C12H14ClF2NO4S/c1-7(5-6-20-2)16-12(17)10-8(14)3-4-9(11(10)15)21(13,18)19/h3-4,7H,5-6H2,1-2H3,(H,16,17). The summed E-state index contributed by atoms with van der Waals surface area (Å²) < 4.78 is 54.7. The molecule has 0 radical (unpaired) electrons. The van der Waals surface area contributed by atoms with Gasteiger partial charge in [0.25, 0.3) is 15.0 Å². The molecule has 21 heavy (non-hydrogen) atoms. The Hall–Kier alpha value is -1.25. The third-order valence-corrected chi connectivity index (χ3v) is 4.02. The zero-order chi connectivity index (χ0) is 16.2. The van der Waals surface area contributed by atoms with Crippen LogP contribution in [0.1, 0.15) is 23.7 Å². The lowest BCUT2D eigenvalue weighted by Crippen LogP contribution is -2.34. The van der Waals surface area contributed by atoms with E-state index < -0.39 is 43.1 Å². The summed E-state index contributed by atoms with van der Waals surface area (Å²) in [5, 5.41) is 2.35. The van der Waals surface area contributed by atoms with Crippen molar-refractivity contribution in [3.63, 3.8) is 0 Å². The van der Waals surface area contributed by atoms with Gasteiger partial charge in [-0.25, -0.2) is 17.2 Å². The molecule has 118 valence electrons. The van der Waals surface area contributed by atoms with Crippen molar-refractivity contribution in [1.82, 2.24) is 5.32 Å². The van der Waals surface area contributed by atoms with Crippen LogP contribution in [0.25, 0.3) is 0 Å². The van der Waals surface area contributed by atoms with Gasteiger partial charge in [-0.2, -0.15) is 0 Å². The van der Waals surface area contributed by atoms with Gasteiger partial charge in [0.2, 0.25) is 0 Å². The molecule has 0 aliphatic rings. The Balaban J connectivity index is 3.10. The van der Waals surface area contributed by atoms with Crippen molar-refractivity contribution in [3.05, 3.63) is 29.3 Å². The van der Waals surface area contributed by atoms with E-state index in [1.807, 2.05) is 0 Å². The van der Waals surface area contributed by atoms with Crippen molar-refractivity contribution in [1.29, 1.82) is 0 Å². The molecule has 0 heterocycles. The quantitative estimate of drug-likeness (QED) is 0.804. The Morgan fingerprint density at radius 2 is 2.05 bits per heavy atom. The third kappa shape index (κ3) is 4.62. The Bertz CT molecular complexity index is 636. The molecule has 1 aromatic rings. The van der Waals surface area contributed by atoms with Crippen molar-refractivity contribution in [2.24, 2.45) is 0 Å². The lowest BCUT2D eigenvalue weighted by Gasteiger charge is -2.14. The van der Waals surface area contributed by atoms with Crippen LogP contribution in [-0.4, -0.2) is 34.1 Å². The van der Waals surface area contributed by atoms with Crippen molar-refractivity contribution < 1.29 is 26.7 Å². The average molecular weight is 342 g/mol. The lowest BCUT2D eigenvalue weighted by atomic mass is 10.1. The molecule has 1 rings (SSSR count). The van der Waals surface area contributed by atoms with Crippen molar-refractivity contribution in [3.8, 4) is 0 Å². The molecule has 0 bridgehead atoms. The lowest BCUT2D eigenvalue weighted by molar-refractivity contribution is 0.0920. The maximum Gasteiger partial charge on any atom is 0.264 e. The van der Waals surface area contributed by atoms with Crippen LogP contribution >= 0.6 is 10.7 Å². The van der Waals surface area contributed by atoms with E-state index in [1.165, 1.54) is 7.11 Å². The summed E-state index contributed by atoms with van der Waals surface area (Å²) in [5.41, 5.74) is -0.985. The van der Waals surface area contributed by atoms with E-state index in [4.69, 9.17) is 15.4 Å². The Morgan fingerprint density at radius 1 is 1.43 bits per heavy atom. The normalized spacial score (nSPS) is 13.0. The highest BCUT2D eigenvalue weighted by atomic mass is 35.7. The molecular weight excluding hydrogens is 328 g/mol. The summed E-state index contributed by atoms with van der Waals surface area (Å²) in [7, 11) is 2.09. The van der Waals surface area contributed by atoms with Crippen LogP contribution < -0.4 is 5.32 Å². The van der Waals surface area contributed by atoms with Crippen molar-refractivity contribution >= 4 is 25.6 Å². The number of carbonyl (C=O) groups excluding carboxylic acids is 1. The van der Waals surface area contributed by atoms with Crippen LogP contribution in [0.4, 0.5) is 8.78 Å². The van der Waals surface area contributed by atoms with Crippen molar-refractivity contribution in [2.75, 3.05) is 13.7 Å². The topological polar surface area (TPSA) is 72.5 Å². The fourth-order valence-electron chi connectivity index (χ4n) is 1.59. The van der Waals surface area contributed by atoms with E-state index in [2.05, 4.69) is 5.32 Å². The SMILES string of the molecule is COCCC(C)NC(=O)c1c(F)ccc(S(=O)(=O)Cl)c1F. The molecule has 1 aromatic carbocycles. The molecule has 0 saturated carbocycles. The van der Waals surface area contributed by atoms with Gasteiger partial charge in [-0.1, -0.05) is 0 Å². The van der Waals surface area contributed by atoms with Gasteiger partial charge in [0.1, 0.15) is 16.3 Å². The molecular formula is C12H14ClF2NO4S. The molecule has 9 heteroatoms. The highest BCUT2D eigenvalue weighted by molar-refractivity contribution is 8.13. The maximum atomic E-state index is 14.0. The number of ether oxygens (including phenoxy) is 1. The second-order valence-corrected chi connectivity index (χ2v) is 6.86. The van der Waals surface area contributed by atoms with Crippen LogP contribution in [0, 0.1) is 11.6 Å². The van der Waals surface area contributed by atoms with Gasteiger partial charge in [0, 0.05) is 30.4 Å². The predicted octanol–water partition coefficient (Wildman–Crippen LogP) is 2.05. The van der Waals surface area contributed by atoms with E-state index in [-0.39, 0.29) is 0 Å². The smallest absolute Gasteiger partial charge is 0.264 e. The molecule has 0 fully saturated rings. The number of rotatable bonds is 6. The monoisotopic (exact) mass is 341 g/mol. The molecule has 5 nitrogen and oxygen atoms in total. The van der Waals surface area contributed by atoms with Gasteiger partial charge in [-0.05, 0) is 25.5 Å². The zero-order valence-corrected chi connectivity index (χ0v) is 12.9. The van der Waals surface area contributed by atoms with E-state index in [1.54, 1.807) is 6.92 Å². The number of nitrogens with one attached hydrogen (secondary N) is 1. The molecule has 1 unspecified atom stereocenters. The minimum absolute atomic E-state index is 0.350. The fourth-order valence-corrected chi connectivity index (χ4v) is 2.50. The molecule has 0 spiro atoms. The third-order valence-electron chi connectivity index (χ3n) is 2.68. The van der Waals surface area contributed by atoms with Crippen LogP contribution in [0.3, 0.4) is 0 Å².